The molecule has 0 N–H and O–H groups in total. The lowest BCUT2D eigenvalue weighted by atomic mass is 10.0. The summed E-state index contributed by atoms with van der Waals surface area (Å²) in [6.07, 6.45) is 12.6. The molecule has 1 aliphatic heterocycles. The van der Waals surface area contributed by atoms with E-state index in [2.05, 4.69) is 0 Å². The molecule has 2 aliphatic rings. The normalized spacial score (nSPS) is 30.0. The van der Waals surface area contributed by atoms with Crippen molar-refractivity contribution in [2.75, 3.05) is 12.3 Å². The van der Waals surface area contributed by atoms with Crippen molar-refractivity contribution in [2.24, 2.45) is 0 Å². The van der Waals surface area contributed by atoms with Crippen LogP contribution in [0.3, 0.4) is 0 Å². The second-order valence-corrected chi connectivity index (χ2v) is 6.48. The van der Waals surface area contributed by atoms with Crippen molar-refractivity contribution in [1.29, 1.82) is 0 Å². The van der Waals surface area contributed by atoms with E-state index in [-0.39, 0.29) is 0 Å². The van der Waals surface area contributed by atoms with E-state index in [1.807, 2.05) is 0 Å². The lowest BCUT2D eigenvalue weighted by Crippen LogP contribution is -2.19. The van der Waals surface area contributed by atoms with Gasteiger partial charge in [0.05, 0.1) is 0 Å². The molecule has 0 nitrogen and oxygen atoms in total. The minimum atomic E-state index is 0.584. The third kappa shape index (κ3) is 1.37. The van der Waals surface area contributed by atoms with Crippen molar-refractivity contribution in [3.8, 4) is 0 Å². The van der Waals surface area contributed by atoms with Crippen molar-refractivity contribution in [3.63, 3.8) is 0 Å². The molecule has 0 aromatic heterocycles. The molecular weight excluding hydrogens is 139 g/mol. The van der Waals surface area contributed by atoms with Crippen molar-refractivity contribution >= 4 is 7.92 Å². The van der Waals surface area contributed by atoms with Crippen molar-refractivity contribution in [3.05, 3.63) is 0 Å². The van der Waals surface area contributed by atoms with Crippen LogP contribution in [0.2, 0.25) is 0 Å². The maximum absolute atomic E-state index is 1.62. The second kappa shape index (κ2) is 3.22. The largest absolute Gasteiger partial charge is 0.104 e. The van der Waals surface area contributed by atoms with E-state index in [4.69, 9.17) is 0 Å². The Morgan fingerprint density at radius 2 is 1.50 bits per heavy atom. The molecule has 2 rings (SSSR count). The van der Waals surface area contributed by atoms with E-state index in [0.29, 0.717) is 7.92 Å². The van der Waals surface area contributed by atoms with Gasteiger partial charge in [0.2, 0.25) is 0 Å². The van der Waals surface area contributed by atoms with Gasteiger partial charge in [0.1, 0.15) is 0 Å². The zero-order chi connectivity index (χ0) is 6.81. The van der Waals surface area contributed by atoms with Crippen LogP contribution in [0, 0.1) is 0 Å². The molecule has 0 bridgehead atoms. The fraction of sp³-hybridized carbons (Fsp3) is 1.00. The number of hydrogen-bond donors (Lipinski definition) is 0. The van der Waals surface area contributed by atoms with Gasteiger partial charge in [0, 0.05) is 0 Å². The molecule has 1 saturated heterocycles. The van der Waals surface area contributed by atoms with Crippen LogP contribution in [0.25, 0.3) is 0 Å². The lowest BCUT2D eigenvalue weighted by Gasteiger charge is -2.36. The van der Waals surface area contributed by atoms with Gasteiger partial charge in [0.15, 0.2) is 0 Å². The molecule has 1 heteroatoms. The fourth-order valence-electron chi connectivity index (χ4n) is 2.15. The quantitative estimate of drug-likeness (QED) is 0.511. The monoisotopic (exact) mass is 156 g/mol. The van der Waals surface area contributed by atoms with Crippen molar-refractivity contribution in [2.45, 2.75) is 44.2 Å². The second-order valence-electron chi connectivity index (χ2n) is 3.68. The molecule has 2 fully saturated rings. The van der Waals surface area contributed by atoms with Crippen molar-refractivity contribution in [1.82, 2.24) is 0 Å². The summed E-state index contributed by atoms with van der Waals surface area (Å²) in [6.45, 7) is 0. The summed E-state index contributed by atoms with van der Waals surface area (Å²) in [6, 6.07) is 0. The Morgan fingerprint density at radius 3 is 2.00 bits per heavy atom. The Bertz CT molecular complexity index is 101. The minimum Gasteiger partial charge on any atom is -0.104 e. The molecule has 0 aromatic rings. The molecule has 1 saturated carbocycles. The molecule has 0 unspecified atom stereocenters. The maximum atomic E-state index is 1.62. The summed E-state index contributed by atoms with van der Waals surface area (Å²) in [5.74, 6) is 0. The summed E-state index contributed by atoms with van der Waals surface area (Å²) in [7, 11) is 0.584. The summed E-state index contributed by atoms with van der Waals surface area (Å²) >= 11 is 0. The van der Waals surface area contributed by atoms with Crippen LogP contribution < -0.4 is 0 Å². The first kappa shape index (κ1) is 7.10. The Balaban J connectivity index is 1.78. The highest BCUT2D eigenvalue weighted by molar-refractivity contribution is 7.59. The molecular formula is C9H17P. The number of rotatable bonds is 1. The van der Waals surface area contributed by atoms with Crippen LogP contribution in [0.1, 0.15) is 38.5 Å². The maximum Gasteiger partial charge on any atom is -0.0209 e. The van der Waals surface area contributed by atoms with Gasteiger partial charge >= 0.3 is 0 Å². The average Bonchev–Trinajstić information content (AvgIpc) is 1.86. The highest BCUT2D eigenvalue weighted by atomic mass is 31.1. The molecule has 0 spiro atoms. The third-order valence-corrected chi connectivity index (χ3v) is 6.31. The van der Waals surface area contributed by atoms with Crippen LogP contribution in [-0.2, 0) is 0 Å². The van der Waals surface area contributed by atoms with E-state index >= 15 is 0 Å². The SMILES string of the molecule is C1CCC(P2CCC2)CC1. The topological polar surface area (TPSA) is 0 Å². The first-order valence-corrected chi connectivity index (χ1v) is 6.49. The Morgan fingerprint density at radius 1 is 0.800 bits per heavy atom. The first-order chi connectivity index (χ1) is 4.97. The van der Waals surface area contributed by atoms with Gasteiger partial charge in [-0.25, -0.2) is 0 Å². The molecule has 0 amide bonds. The van der Waals surface area contributed by atoms with Gasteiger partial charge in [-0.05, 0) is 37.2 Å². The van der Waals surface area contributed by atoms with E-state index in [1.54, 1.807) is 44.4 Å². The summed E-state index contributed by atoms with van der Waals surface area (Å²) in [5, 5.41) is 0. The Kier molecular flexibility index (Phi) is 2.28. The van der Waals surface area contributed by atoms with Crippen LogP contribution >= 0.6 is 7.92 Å². The average molecular weight is 156 g/mol. The predicted molar refractivity (Wildman–Crippen MR) is 48.1 cm³/mol. The highest BCUT2D eigenvalue weighted by Crippen LogP contribution is 2.54. The summed E-state index contributed by atoms with van der Waals surface area (Å²) in [4.78, 5) is 0. The molecule has 0 aromatic carbocycles. The van der Waals surface area contributed by atoms with Crippen LogP contribution in [0.5, 0.6) is 0 Å². The summed E-state index contributed by atoms with van der Waals surface area (Å²) < 4.78 is 0. The van der Waals surface area contributed by atoms with E-state index in [9.17, 15) is 0 Å². The highest BCUT2D eigenvalue weighted by Gasteiger charge is 2.27. The van der Waals surface area contributed by atoms with E-state index in [1.165, 1.54) is 12.1 Å². The van der Waals surface area contributed by atoms with Gasteiger partial charge in [0.25, 0.3) is 0 Å². The zero-order valence-electron chi connectivity index (χ0n) is 6.68. The van der Waals surface area contributed by atoms with Gasteiger partial charge in [-0.1, -0.05) is 19.3 Å². The van der Waals surface area contributed by atoms with Gasteiger partial charge in [-0.15, -0.1) is 7.92 Å². The molecule has 10 heavy (non-hydrogen) atoms. The fourth-order valence-corrected chi connectivity index (χ4v) is 4.66. The van der Waals surface area contributed by atoms with Crippen LogP contribution in [0.15, 0.2) is 0 Å². The summed E-state index contributed by atoms with van der Waals surface area (Å²) in [5.41, 5.74) is 1.22. The Labute approximate surface area is 65.1 Å². The molecule has 1 heterocycles. The van der Waals surface area contributed by atoms with Crippen LogP contribution in [-0.4, -0.2) is 18.0 Å². The van der Waals surface area contributed by atoms with Gasteiger partial charge in [-0.2, -0.15) is 0 Å². The van der Waals surface area contributed by atoms with Crippen molar-refractivity contribution < 1.29 is 0 Å². The molecule has 1 aliphatic carbocycles. The minimum absolute atomic E-state index is 0.584. The standard InChI is InChI=1S/C9H17P/c1-2-5-9(6-3-1)10-7-4-8-10/h9H,1-8H2. The predicted octanol–water partition coefficient (Wildman–Crippen LogP) is 3.20. The first-order valence-electron chi connectivity index (χ1n) is 4.71. The van der Waals surface area contributed by atoms with E-state index in [0.717, 1.165) is 0 Å². The number of hydrogen-bond acceptors (Lipinski definition) is 0. The lowest BCUT2D eigenvalue weighted by molar-refractivity contribution is 0.507. The zero-order valence-corrected chi connectivity index (χ0v) is 7.58. The molecule has 0 radical (unpaired) electrons. The van der Waals surface area contributed by atoms with Crippen LogP contribution in [0.4, 0.5) is 0 Å². The van der Waals surface area contributed by atoms with Gasteiger partial charge in [-0.3, -0.25) is 0 Å². The molecule has 58 valence electrons. The van der Waals surface area contributed by atoms with E-state index < -0.39 is 0 Å². The third-order valence-electron chi connectivity index (χ3n) is 2.98. The van der Waals surface area contributed by atoms with Gasteiger partial charge < -0.3 is 0 Å². The Hall–Kier alpha value is 0.430. The smallest absolute Gasteiger partial charge is 0.0209 e. The molecule has 0 atom stereocenters.